The Hall–Kier alpha value is -2.31. The molecule has 0 saturated carbocycles. The van der Waals surface area contributed by atoms with Crippen molar-refractivity contribution in [3.8, 4) is 22.6 Å². The summed E-state index contributed by atoms with van der Waals surface area (Å²) in [5.41, 5.74) is 6.88. The van der Waals surface area contributed by atoms with E-state index in [1.807, 2.05) is 18.2 Å². The van der Waals surface area contributed by atoms with E-state index in [-0.39, 0.29) is 5.54 Å². The van der Waals surface area contributed by atoms with Gasteiger partial charge in [-0.1, -0.05) is 20.7 Å². The number of benzene rings is 2. The first-order valence-corrected chi connectivity index (χ1v) is 11.3. The fourth-order valence-electron chi connectivity index (χ4n) is 3.50. The molecule has 3 aromatic rings. The van der Waals surface area contributed by atoms with E-state index in [4.69, 9.17) is 14.5 Å². The van der Waals surface area contributed by atoms with Crippen LogP contribution in [0.1, 0.15) is 29.9 Å². The van der Waals surface area contributed by atoms with Crippen LogP contribution < -0.4 is 19.5 Å². The van der Waals surface area contributed by atoms with Crippen molar-refractivity contribution in [1.82, 2.24) is 0 Å². The topological polar surface area (TPSA) is 42.8 Å². The summed E-state index contributed by atoms with van der Waals surface area (Å²) >= 11 is 0. The van der Waals surface area contributed by atoms with Crippen molar-refractivity contribution >= 4 is 32.1 Å². The number of hydrogen-bond acceptors (Lipinski definition) is 6. The van der Waals surface area contributed by atoms with Crippen molar-refractivity contribution in [2.45, 2.75) is 33.2 Å². The Morgan fingerprint density at radius 3 is 2.43 bits per heavy atom. The lowest BCUT2D eigenvalue weighted by Gasteiger charge is -2.34. The number of rotatable bonds is 3. The molecule has 2 heterocycles. The normalized spacial score (nSPS) is 14.9. The van der Waals surface area contributed by atoms with Gasteiger partial charge in [-0.05, 0) is 63.1 Å². The number of methoxy groups -OCH3 is 2. The minimum absolute atomic E-state index is 0.136. The van der Waals surface area contributed by atoms with Crippen LogP contribution in [0.15, 0.2) is 35.3 Å². The van der Waals surface area contributed by atoms with Crippen LogP contribution in [-0.4, -0.2) is 14.2 Å². The van der Waals surface area contributed by atoms with Gasteiger partial charge in [-0.2, -0.15) is 0 Å². The SMILES string of the molecule is COc1ccc(N=c2ssc3c2-c2cc(C)c(C)cc2NC3(C)C)c(OC)c1. The Bertz CT molecular complexity index is 1130. The van der Waals surface area contributed by atoms with E-state index in [1.165, 1.54) is 32.8 Å². The van der Waals surface area contributed by atoms with Crippen molar-refractivity contribution in [2.24, 2.45) is 4.99 Å². The van der Waals surface area contributed by atoms with Crippen LogP contribution in [0.25, 0.3) is 11.1 Å². The molecule has 1 aliphatic rings. The van der Waals surface area contributed by atoms with Crippen LogP contribution in [-0.2, 0) is 5.54 Å². The van der Waals surface area contributed by atoms with E-state index in [1.54, 1.807) is 34.9 Å². The molecule has 0 bridgehead atoms. The van der Waals surface area contributed by atoms with Gasteiger partial charge in [0.1, 0.15) is 21.9 Å². The van der Waals surface area contributed by atoms with E-state index in [9.17, 15) is 0 Å². The number of nitrogens with one attached hydrogen (secondary N) is 1. The number of ether oxygens (including phenoxy) is 2. The predicted molar refractivity (Wildman–Crippen MR) is 119 cm³/mol. The minimum atomic E-state index is -0.136. The third-order valence-corrected chi connectivity index (χ3v) is 7.81. The Labute approximate surface area is 172 Å². The number of hydrogen-bond donors (Lipinski definition) is 1. The molecule has 4 nitrogen and oxygen atoms in total. The van der Waals surface area contributed by atoms with Gasteiger partial charge in [-0.3, -0.25) is 0 Å². The highest BCUT2D eigenvalue weighted by molar-refractivity contribution is 7.68. The third-order valence-electron chi connectivity index (χ3n) is 5.17. The molecule has 28 heavy (non-hydrogen) atoms. The first-order chi connectivity index (χ1) is 13.3. The molecule has 0 saturated heterocycles. The van der Waals surface area contributed by atoms with Gasteiger partial charge in [0.15, 0.2) is 0 Å². The molecule has 0 aliphatic carbocycles. The van der Waals surface area contributed by atoms with E-state index in [0.29, 0.717) is 5.75 Å². The standard InChI is InChI=1S/C22H24N2O2S2/c1-12-9-15-17(10-13(12)2)24-22(3,4)20-19(15)21(28-27-20)23-16-8-7-14(25-5)11-18(16)26-6/h7-11,24H,1-6H3. The summed E-state index contributed by atoms with van der Waals surface area (Å²) in [5, 5.41) is 3.71. The second kappa shape index (κ2) is 6.94. The largest absolute Gasteiger partial charge is 0.497 e. The van der Waals surface area contributed by atoms with Crippen molar-refractivity contribution in [1.29, 1.82) is 0 Å². The molecule has 4 rings (SSSR count). The van der Waals surface area contributed by atoms with Crippen LogP contribution in [0.2, 0.25) is 0 Å². The average Bonchev–Trinajstić information content (AvgIpc) is 3.09. The van der Waals surface area contributed by atoms with Crippen molar-refractivity contribution in [2.75, 3.05) is 19.5 Å². The summed E-state index contributed by atoms with van der Waals surface area (Å²) in [6.07, 6.45) is 0. The van der Waals surface area contributed by atoms with E-state index in [0.717, 1.165) is 16.1 Å². The third kappa shape index (κ3) is 3.10. The van der Waals surface area contributed by atoms with Gasteiger partial charge in [-0.25, -0.2) is 4.99 Å². The van der Waals surface area contributed by atoms with Crippen LogP contribution >= 0.6 is 20.7 Å². The van der Waals surface area contributed by atoms with Crippen LogP contribution in [0.5, 0.6) is 11.5 Å². The highest BCUT2D eigenvalue weighted by Crippen LogP contribution is 2.46. The van der Waals surface area contributed by atoms with E-state index >= 15 is 0 Å². The molecule has 0 fully saturated rings. The fraction of sp³-hybridized carbons (Fsp3) is 0.318. The molecular weight excluding hydrogens is 388 g/mol. The maximum absolute atomic E-state index is 5.55. The highest BCUT2D eigenvalue weighted by atomic mass is 32.9. The van der Waals surface area contributed by atoms with Gasteiger partial charge in [0.25, 0.3) is 0 Å². The molecule has 1 N–H and O–H groups in total. The summed E-state index contributed by atoms with van der Waals surface area (Å²) < 4.78 is 11.9. The second-order valence-electron chi connectivity index (χ2n) is 7.56. The number of nitrogens with zero attached hydrogens (tertiary/aromatic N) is 1. The van der Waals surface area contributed by atoms with Crippen molar-refractivity contribution in [3.05, 3.63) is 51.0 Å². The first kappa shape index (κ1) is 19.0. The molecule has 0 amide bonds. The van der Waals surface area contributed by atoms with Crippen LogP contribution in [0, 0.1) is 13.8 Å². The molecule has 2 aromatic carbocycles. The van der Waals surface area contributed by atoms with Gasteiger partial charge in [0, 0.05) is 22.9 Å². The van der Waals surface area contributed by atoms with Crippen molar-refractivity contribution < 1.29 is 9.47 Å². The lowest BCUT2D eigenvalue weighted by molar-refractivity contribution is 0.395. The van der Waals surface area contributed by atoms with Crippen molar-refractivity contribution in [3.63, 3.8) is 0 Å². The summed E-state index contributed by atoms with van der Waals surface area (Å²) in [6.45, 7) is 8.77. The van der Waals surface area contributed by atoms with E-state index in [2.05, 4.69) is 45.1 Å². The summed E-state index contributed by atoms with van der Waals surface area (Å²) in [4.78, 5) is 6.32. The quantitative estimate of drug-likeness (QED) is 0.536. The molecule has 1 aromatic heterocycles. The van der Waals surface area contributed by atoms with Gasteiger partial charge >= 0.3 is 0 Å². The van der Waals surface area contributed by atoms with Crippen LogP contribution in [0.4, 0.5) is 11.4 Å². The lowest BCUT2D eigenvalue weighted by atomic mass is 9.88. The fourth-order valence-corrected chi connectivity index (χ4v) is 6.43. The number of anilines is 1. The maximum atomic E-state index is 5.55. The molecular formula is C22H24N2O2S2. The molecule has 0 atom stereocenters. The Morgan fingerprint density at radius 2 is 1.71 bits per heavy atom. The summed E-state index contributed by atoms with van der Waals surface area (Å²) in [7, 11) is 6.82. The van der Waals surface area contributed by atoms with Crippen LogP contribution in [0.3, 0.4) is 0 Å². The van der Waals surface area contributed by atoms with Gasteiger partial charge in [0.2, 0.25) is 0 Å². The minimum Gasteiger partial charge on any atom is -0.497 e. The monoisotopic (exact) mass is 412 g/mol. The second-order valence-corrected chi connectivity index (χ2v) is 9.69. The first-order valence-electron chi connectivity index (χ1n) is 9.14. The maximum Gasteiger partial charge on any atom is 0.148 e. The molecule has 0 spiro atoms. The molecule has 0 unspecified atom stereocenters. The molecule has 6 heteroatoms. The highest BCUT2D eigenvalue weighted by Gasteiger charge is 2.33. The smallest absolute Gasteiger partial charge is 0.148 e. The summed E-state index contributed by atoms with van der Waals surface area (Å²) in [5.74, 6) is 1.47. The predicted octanol–water partition coefficient (Wildman–Crippen LogP) is 6.00. The molecule has 0 radical (unpaired) electrons. The Morgan fingerprint density at radius 1 is 0.964 bits per heavy atom. The molecule has 1 aliphatic heterocycles. The van der Waals surface area contributed by atoms with Gasteiger partial charge in [0.05, 0.1) is 24.6 Å². The lowest BCUT2D eigenvalue weighted by Crippen LogP contribution is -2.31. The van der Waals surface area contributed by atoms with E-state index < -0.39 is 0 Å². The zero-order valence-electron chi connectivity index (χ0n) is 17.0. The van der Waals surface area contributed by atoms with Gasteiger partial charge < -0.3 is 14.8 Å². The number of aryl methyl sites for hydroxylation is 2. The van der Waals surface area contributed by atoms with Gasteiger partial charge in [-0.15, -0.1) is 0 Å². The Balaban J connectivity index is 1.97. The average molecular weight is 413 g/mol. The number of fused-ring (bicyclic) bond motifs is 3. The Kier molecular flexibility index (Phi) is 4.71. The zero-order valence-corrected chi connectivity index (χ0v) is 18.6. The zero-order chi connectivity index (χ0) is 20.1. The summed E-state index contributed by atoms with van der Waals surface area (Å²) in [6, 6.07) is 10.2. The molecule has 146 valence electrons.